The molecule has 0 saturated carbocycles. The van der Waals surface area contributed by atoms with Crippen molar-refractivity contribution >= 4 is 34.9 Å². The molecule has 1 heterocycles. The molecular formula is C22H23ClF2N2O3. The van der Waals surface area contributed by atoms with Crippen molar-refractivity contribution in [3.8, 4) is 0 Å². The van der Waals surface area contributed by atoms with Gasteiger partial charge >= 0.3 is 5.97 Å². The van der Waals surface area contributed by atoms with Crippen molar-refractivity contribution in [2.75, 3.05) is 29.9 Å². The molecule has 1 atom stereocenters. The highest BCUT2D eigenvalue weighted by molar-refractivity contribution is 6.34. The zero-order valence-electron chi connectivity index (χ0n) is 16.6. The van der Waals surface area contributed by atoms with E-state index in [1.165, 1.54) is 12.1 Å². The number of nitrogens with one attached hydrogen (secondary N) is 1. The van der Waals surface area contributed by atoms with E-state index in [4.69, 9.17) is 16.3 Å². The van der Waals surface area contributed by atoms with Crippen LogP contribution < -0.4 is 10.2 Å². The number of anilines is 2. The monoisotopic (exact) mass is 436 g/mol. The van der Waals surface area contributed by atoms with Crippen molar-refractivity contribution in [3.63, 3.8) is 0 Å². The van der Waals surface area contributed by atoms with E-state index in [9.17, 15) is 18.4 Å². The van der Waals surface area contributed by atoms with Crippen LogP contribution in [0.25, 0.3) is 0 Å². The van der Waals surface area contributed by atoms with Gasteiger partial charge in [0.25, 0.3) is 0 Å². The fourth-order valence-electron chi connectivity index (χ4n) is 3.53. The molecule has 160 valence electrons. The molecule has 0 radical (unpaired) electrons. The van der Waals surface area contributed by atoms with Gasteiger partial charge in [0.2, 0.25) is 5.91 Å². The molecule has 0 bridgehead atoms. The van der Waals surface area contributed by atoms with Crippen molar-refractivity contribution in [3.05, 3.63) is 58.6 Å². The third-order valence-electron chi connectivity index (χ3n) is 5.01. The second-order valence-electron chi connectivity index (χ2n) is 7.17. The molecule has 2 aromatic rings. The molecule has 0 spiro atoms. The quantitative estimate of drug-likeness (QED) is 0.645. The molecule has 3 rings (SSSR count). The number of esters is 1. The number of hydrogen-bond donors (Lipinski definition) is 1. The zero-order chi connectivity index (χ0) is 21.7. The van der Waals surface area contributed by atoms with Gasteiger partial charge in [-0.05, 0) is 55.5 Å². The van der Waals surface area contributed by atoms with E-state index in [-0.39, 0.29) is 24.3 Å². The molecule has 0 aromatic heterocycles. The first-order chi connectivity index (χ1) is 14.4. The van der Waals surface area contributed by atoms with Gasteiger partial charge in [-0.1, -0.05) is 17.7 Å². The highest BCUT2D eigenvalue weighted by atomic mass is 35.5. The van der Waals surface area contributed by atoms with E-state index < -0.39 is 11.6 Å². The molecule has 1 aliphatic rings. The van der Waals surface area contributed by atoms with Crippen LogP contribution in [0.1, 0.15) is 25.3 Å². The van der Waals surface area contributed by atoms with E-state index in [2.05, 4.69) is 5.32 Å². The Hall–Kier alpha value is -2.67. The summed E-state index contributed by atoms with van der Waals surface area (Å²) in [6.07, 6.45) is 1.32. The molecule has 0 aliphatic carbocycles. The van der Waals surface area contributed by atoms with Gasteiger partial charge in [0.15, 0.2) is 0 Å². The second-order valence-corrected chi connectivity index (χ2v) is 7.58. The minimum absolute atomic E-state index is 0.00464. The van der Waals surface area contributed by atoms with E-state index >= 15 is 0 Å². The number of benzene rings is 2. The smallest absolute Gasteiger partial charge is 0.325 e. The van der Waals surface area contributed by atoms with Crippen molar-refractivity contribution in [1.82, 2.24) is 0 Å². The number of hydrogen-bond acceptors (Lipinski definition) is 4. The van der Waals surface area contributed by atoms with Crippen LogP contribution in [-0.4, -0.2) is 31.6 Å². The fourth-order valence-corrected chi connectivity index (χ4v) is 3.75. The summed E-state index contributed by atoms with van der Waals surface area (Å²) in [5, 5.41) is 3.36. The van der Waals surface area contributed by atoms with Crippen molar-refractivity contribution in [1.29, 1.82) is 0 Å². The normalized spacial score (nSPS) is 16.5. The highest BCUT2D eigenvalue weighted by Gasteiger charge is 2.29. The molecule has 1 aliphatic heterocycles. The number of nitrogens with zero attached hydrogens (tertiary/aromatic N) is 1. The van der Waals surface area contributed by atoms with E-state index in [1.54, 1.807) is 30.0 Å². The Morgan fingerprint density at radius 3 is 2.80 bits per heavy atom. The lowest BCUT2D eigenvalue weighted by atomic mass is 9.90. The summed E-state index contributed by atoms with van der Waals surface area (Å²) in [4.78, 5) is 25.7. The van der Waals surface area contributed by atoms with Crippen LogP contribution in [0.3, 0.4) is 0 Å². The third-order valence-corrected chi connectivity index (χ3v) is 5.33. The maximum Gasteiger partial charge on any atom is 0.325 e. The standard InChI is InChI=1S/C22H23ClF2N2O3/c1-2-30-22(29)12-26-17-6-7-18(23)20(11-17)27-13-14(3-8-21(27)28)9-15-4-5-16(24)10-19(15)25/h4-7,10-11,14,26H,2-3,8-9,12-13H2,1H3. The molecule has 1 saturated heterocycles. The predicted octanol–water partition coefficient (Wildman–Crippen LogP) is 4.58. The van der Waals surface area contributed by atoms with Crippen LogP contribution in [0, 0.1) is 17.6 Å². The Morgan fingerprint density at radius 2 is 2.07 bits per heavy atom. The van der Waals surface area contributed by atoms with Gasteiger partial charge in [0.05, 0.1) is 17.3 Å². The average molecular weight is 437 g/mol. The summed E-state index contributed by atoms with van der Waals surface area (Å²) in [5.41, 5.74) is 1.58. The number of carbonyl (C=O) groups is 2. The minimum Gasteiger partial charge on any atom is -0.465 e. The van der Waals surface area contributed by atoms with Crippen LogP contribution >= 0.6 is 11.6 Å². The Morgan fingerprint density at radius 1 is 1.27 bits per heavy atom. The van der Waals surface area contributed by atoms with E-state index in [1.807, 2.05) is 0 Å². The van der Waals surface area contributed by atoms with Gasteiger partial charge in [-0.25, -0.2) is 8.78 Å². The Bertz CT molecular complexity index is 939. The molecule has 5 nitrogen and oxygen atoms in total. The van der Waals surface area contributed by atoms with Crippen LogP contribution in [0.4, 0.5) is 20.2 Å². The SMILES string of the molecule is CCOC(=O)CNc1ccc(Cl)c(N2CC(Cc3ccc(F)cc3F)CCC2=O)c1. The number of piperidine rings is 1. The molecule has 30 heavy (non-hydrogen) atoms. The van der Waals surface area contributed by atoms with Gasteiger partial charge in [-0.2, -0.15) is 0 Å². The zero-order valence-corrected chi connectivity index (χ0v) is 17.3. The van der Waals surface area contributed by atoms with Gasteiger partial charge in [-0.3, -0.25) is 9.59 Å². The van der Waals surface area contributed by atoms with Crippen LogP contribution in [-0.2, 0) is 20.7 Å². The summed E-state index contributed by atoms with van der Waals surface area (Å²) in [7, 11) is 0. The van der Waals surface area contributed by atoms with Gasteiger partial charge in [-0.15, -0.1) is 0 Å². The van der Waals surface area contributed by atoms with Crippen molar-refractivity contribution in [2.45, 2.75) is 26.2 Å². The largest absolute Gasteiger partial charge is 0.465 e. The number of halogens is 3. The summed E-state index contributed by atoms with van der Waals surface area (Å²) in [6, 6.07) is 8.63. The van der Waals surface area contributed by atoms with E-state index in [0.717, 1.165) is 6.07 Å². The van der Waals surface area contributed by atoms with Crippen LogP contribution in [0.2, 0.25) is 5.02 Å². The topological polar surface area (TPSA) is 58.6 Å². The molecule has 2 aromatic carbocycles. The summed E-state index contributed by atoms with van der Waals surface area (Å²) in [5.74, 6) is -1.65. The van der Waals surface area contributed by atoms with Gasteiger partial charge in [0, 0.05) is 24.7 Å². The predicted molar refractivity (Wildman–Crippen MR) is 112 cm³/mol. The average Bonchev–Trinajstić information content (AvgIpc) is 2.71. The fraction of sp³-hybridized carbons (Fsp3) is 0.364. The summed E-state index contributed by atoms with van der Waals surface area (Å²) in [6.45, 7) is 2.39. The highest BCUT2D eigenvalue weighted by Crippen LogP contribution is 2.34. The van der Waals surface area contributed by atoms with Crippen LogP contribution in [0.15, 0.2) is 36.4 Å². The maximum absolute atomic E-state index is 14.0. The second kappa shape index (κ2) is 9.89. The molecule has 1 fully saturated rings. The molecule has 1 unspecified atom stereocenters. The first-order valence-corrected chi connectivity index (χ1v) is 10.2. The maximum atomic E-state index is 14.0. The van der Waals surface area contributed by atoms with Gasteiger partial charge < -0.3 is 15.0 Å². The Kier molecular flexibility index (Phi) is 7.26. The Labute approximate surface area is 179 Å². The number of amides is 1. The minimum atomic E-state index is -0.615. The lowest BCUT2D eigenvalue weighted by Crippen LogP contribution is -2.41. The van der Waals surface area contributed by atoms with Crippen molar-refractivity contribution < 1.29 is 23.1 Å². The number of ether oxygens (including phenoxy) is 1. The first-order valence-electron chi connectivity index (χ1n) is 9.80. The third kappa shape index (κ3) is 5.48. The van der Waals surface area contributed by atoms with Crippen LogP contribution in [0.5, 0.6) is 0 Å². The summed E-state index contributed by atoms with van der Waals surface area (Å²) >= 11 is 6.34. The first kappa shape index (κ1) is 22.0. The van der Waals surface area contributed by atoms with Crippen molar-refractivity contribution in [2.24, 2.45) is 5.92 Å². The molecular weight excluding hydrogens is 414 g/mol. The summed E-state index contributed by atoms with van der Waals surface area (Å²) < 4.78 is 32.1. The number of carbonyl (C=O) groups excluding carboxylic acids is 2. The lowest BCUT2D eigenvalue weighted by Gasteiger charge is -2.33. The molecule has 1 N–H and O–H groups in total. The number of rotatable bonds is 7. The lowest BCUT2D eigenvalue weighted by molar-refractivity contribution is -0.140. The molecule has 8 heteroatoms. The Balaban J connectivity index is 1.73. The molecule has 1 amide bonds. The van der Waals surface area contributed by atoms with Gasteiger partial charge in [0.1, 0.15) is 18.2 Å². The van der Waals surface area contributed by atoms with E-state index in [0.29, 0.717) is 54.4 Å².